The maximum absolute atomic E-state index is 11.5. The molecular formula is C11H16O8. The zero-order valence-corrected chi connectivity index (χ0v) is 10.2. The number of Topliss-reactive ketones (excluding diaryl/α,β-unsaturated/α-hetero) is 1. The molecular weight excluding hydrogens is 260 g/mol. The summed E-state index contributed by atoms with van der Waals surface area (Å²) in [6.07, 6.45) is -7.01. The minimum atomic E-state index is -1.55. The van der Waals surface area contributed by atoms with Crippen LogP contribution in [0.25, 0.3) is 0 Å². The predicted octanol–water partition coefficient (Wildman–Crippen LogP) is -2.37. The Balaban J connectivity index is 2.11. The van der Waals surface area contributed by atoms with Gasteiger partial charge in [-0.05, 0) is 6.92 Å². The third kappa shape index (κ3) is 2.58. The van der Waals surface area contributed by atoms with Gasteiger partial charge in [-0.2, -0.15) is 0 Å². The van der Waals surface area contributed by atoms with Crippen LogP contribution < -0.4 is 0 Å². The number of hydrogen-bond donors (Lipinski definition) is 4. The van der Waals surface area contributed by atoms with Crippen molar-refractivity contribution < 1.29 is 39.4 Å². The molecule has 0 radical (unpaired) electrons. The zero-order valence-electron chi connectivity index (χ0n) is 10.2. The minimum absolute atomic E-state index is 0.0932. The Bertz CT molecular complexity index is 390. The molecule has 0 aromatic heterocycles. The second-order valence-corrected chi connectivity index (χ2v) is 4.41. The lowest BCUT2D eigenvalue weighted by molar-refractivity contribution is -0.290. The Hall–Kier alpha value is -1.19. The summed E-state index contributed by atoms with van der Waals surface area (Å²) in [5.74, 6) is -0.249. The van der Waals surface area contributed by atoms with Gasteiger partial charge in [0.05, 0.1) is 6.61 Å². The van der Waals surface area contributed by atoms with Crippen molar-refractivity contribution in [2.45, 2.75) is 37.6 Å². The van der Waals surface area contributed by atoms with Gasteiger partial charge in [-0.25, -0.2) is 0 Å². The molecule has 2 rings (SSSR count). The standard InChI is InChI=1S/C11H16O8/c1-4-10(5(13)3-17-4)19-11-9(16)8(15)7(14)6(2-12)18-11/h6-9,11-12,14-16H,2-3H2,1H3. The fraction of sp³-hybridized carbons (Fsp3) is 0.727. The Morgan fingerprint density at radius 3 is 2.47 bits per heavy atom. The smallest absolute Gasteiger partial charge is 0.238 e. The third-order valence-electron chi connectivity index (χ3n) is 3.08. The van der Waals surface area contributed by atoms with E-state index < -0.39 is 43.1 Å². The van der Waals surface area contributed by atoms with Gasteiger partial charge < -0.3 is 34.6 Å². The molecule has 19 heavy (non-hydrogen) atoms. The number of hydrogen-bond acceptors (Lipinski definition) is 8. The summed E-state index contributed by atoms with van der Waals surface area (Å²) in [6.45, 7) is 0.802. The molecule has 2 heterocycles. The first kappa shape index (κ1) is 14.2. The summed E-state index contributed by atoms with van der Waals surface area (Å²) in [5, 5.41) is 37.9. The first-order valence-corrected chi connectivity index (χ1v) is 5.79. The van der Waals surface area contributed by atoms with E-state index in [0.717, 1.165) is 0 Å². The minimum Gasteiger partial charge on any atom is -0.486 e. The molecule has 0 amide bonds. The molecule has 1 saturated heterocycles. The van der Waals surface area contributed by atoms with Crippen molar-refractivity contribution in [3.8, 4) is 0 Å². The quantitative estimate of drug-likeness (QED) is 0.451. The monoisotopic (exact) mass is 276 g/mol. The predicted molar refractivity (Wildman–Crippen MR) is 58.5 cm³/mol. The van der Waals surface area contributed by atoms with Gasteiger partial charge in [0.2, 0.25) is 17.8 Å². The van der Waals surface area contributed by atoms with Crippen LogP contribution in [0.1, 0.15) is 6.92 Å². The molecule has 0 bridgehead atoms. The van der Waals surface area contributed by atoms with E-state index >= 15 is 0 Å². The van der Waals surface area contributed by atoms with Crippen molar-refractivity contribution in [3.63, 3.8) is 0 Å². The molecule has 108 valence electrons. The molecule has 2 aliphatic rings. The van der Waals surface area contributed by atoms with Crippen molar-refractivity contribution in [1.82, 2.24) is 0 Å². The number of aliphatic hydroxyl groups is 4. The van der Waals surface area contributed by atoms with Crippen LogP contribution in [-0.2, 0) is 19.0 Å². The van der Waals surface area contributed by atoms with Crippen LogP contribution in [0.3, 0.4) is 0 Å². The summed E-state index contributed by atoms with van der Waals surface area (Å²) >= 11 is 0. The number of rotatable bonds is 3. The molecule has 5 unspecified atom stereocenters. The first-order valence-electron chi connectivity index (χ1n) is 5.79. The van der Waals surface area contributed by atoms with Crippen LogP contribution >= 0.6 is 0 Å². The fourth-order valence-corrected chi connectivity index (χ4v) is 1.93. The van der Waals surface area contributed by atoms with Crippen LogP contribution in [0.15, 0.2) is 11.5 Å². The molecule has 4 N–H and O–H groups in total. The molecule has 5 atom stereocenters. The van der Waals surface area contributed by atoms with Gasteiger partial charge in [0.25, 0.3) is 0 Å². The van der Waals surface area contributed by atoms with Gasteiger partial charge in [-0.15, -0.1) is 0 Å². The summed E-state index contributed by atoms with van der Waals surface area (Å²) in [6, 6.07) is 0. The van der Waals surface area contributed by atoms with Crippen LogP contribution in [0, 0.1) is 0 Å². The van der Waals surface area contributed by atoms with E-state index in [-0.39, 0.29) is 18.1 Å². The van der Waals surface area contributed by atoms with Gasteiger partial charge in [0.15, 0.2) is 6.61 Å². The van der Waals surface area contributed by atoms with E-state index in [1.165, 1.54) is 6.92 Å². The first-order chi connectivity index (χ1) is 8.95. The lowest BCUT2D eigenvalue weighted by atomic mass is 9.99. The SMILES string of the molecule is CC1=C(OC2OC(CO)C(O)C(O)C2O)C(=O)CO1. The number of ketones is 1. The summed E-state index contributed by atoms with van der Waals surface area (Å²) in [5.41, 5.74) is 0. The van der Waals surface area contributed by atoms with Crippen molar-refractivity contribution in [2.75, 3.05) is 13.2 Å². The van der Waals surface area contributed by atoms with Crippen LogP contribution in [-0.4, -0.2) is 70.1 Å². The van der Waals surface area contributed by atoms with Crippen molar-refractivity contribution in [1.29, 1.82) is 0 Å². The van der Waals surface area contributed by atoms with E-state index in [1.807, 2.05) is 0 Å². The zero-order chi connectivity index (χ0) is 14.2. The van der Waals surface area contributed by atoms with Crippen molar-refractivity contribution >= 4 is 5.78 Å². The highest BCUT2D eigenvalue weighted by Gasteiger charge is 2.45. The lowest BCUT2D eigenvalue weighted by Gasteiger charge is -2.39. The number of allylic oxidation sites excluding steroid dienone is 1. The van der Waals surface area contributed by atoms with E-state index in [1.54, 1.807) is 0 Å². The lowest BCUT2D eigenvalue weighted by Crippen LogP contribution is -2.59. The van der Waals surface area contributed by atoms with E-state index in [0.29, 0.717) is 0 Å². The molecule has 8 heteroatoms. The molecule has 2 aliphatic heterocycles. The van der Waals surface area contributed by atoms with E-state index in [9.17, 15) is 20.1 Å². The van der Waals surface area contributed by atoms with Gasteiger partial charge >= 0.3 is 0 Å². The van der Waals surface area contributed by atoms with Crippen LogP contribution in [0.2, 0.25) is 0 Å². The number of carbonyl (C=O) groups excluding carboxylic acids is 1. The van der Waals surface area contributed by atoms with Crippen molar-refractivity contribution in [2.24, 2.45) is 0 Å². The molecule has 0 aromatic rings. The molecule has 0 aromatic carbocycles. The molecule has 0 spiro atoms. The normalized spacial score (nSPS) is 39.4. The average Bonchev–Trinajstić information content (AvgIpc) is 2.70. The van der Waals surface area contributed by atoms with Crippen LogP contribution in [0.5, 0.6) is 0 Å². The van der Waals surface area contributed by atoms with Gasteiger partial charge in [0, 0.05) is 0 Å². The van der Waals surface area contributed by atoms with E-state index in [2.05, 4.69) is 0 Å². The Labute approximate surface area is 108 Å². The second-order valence-electron chi connectivity index (χ2n) is 4.41. The Kier molecular flexibility index (Phi) is 4.07. The largest absolute Gasteiger partial charge is 0.486 e. The summed E-state index contributed by atoms with van der Waals surface area (Å²) < 4.78 is 15.3. The average molecular weight is 276 g/mol. The third-order valence-corrected chi connectivity index (χ3v) is 3.08. The maximum atomic E-state index is 11.5. The highest BCUT2D eigenvalue weighted by molar-refractivity contribution is 5.96. The molecule has 0 saturated carbocycles. The van der Waals surface area contributed by atoms with Gasteiger partial charge in [-0.3, -0.25) is 4.79 Å². The fourth-order valence-electron chi connectivity index (χ4n) is 1.93. The van der Waals surface area contributed by atoms with Crippen LogP contribution in [0.4, 0.5) is 0 Å². The summed E-state index contributed by atoms with van der Waals surface area (Å²) in [7, 11) is 0. The Morgan fingerprint density at radius 1 is 1.26 bits per heavy atom. The Morgan fingerprint density at radius 2 is 1.95 bits per heavy atom. The second kappa shape index (κ2) is 5.43. The number of aliphatic hydroxyl groups excluding tert-OH is 4. The summed E-state index contributed by atoms with van der Waals surface area (Å²) in [4.78, 5) is 11.5. The highest BCUT2D eigenvalue weighted by Crippen LogP contribution is 2.26. The van der Waals surface area contributed by atoms with Gasteiger partial charge in [-0.1, -0.05) is 0 Å². The number of carbonyl (C=O) groups is 1. The molecule has 0 aliphatic carbocycles. The van der Waals surface area contributed by atoms with E-state index in [4.69, 9.17) is 19.3 Å². The maximum Gasteiger partial charge on any atom is 0.238 e. The topological polar surface area (TPSA) is 126 Å². The highest BCUT2D eigenvalue weighted by atomic mass is 16.7. The number of ether oxygens (including phenoxy) is 3. The van der Waals surface area contributed by atoms with Crippen molar-refractivity contribution in [3.05, 3.63) is 11.5 Å². The van der Waals surface area contributed by atoms with Gasteiger partial charge in [0.1, 0.15) is 30.2 Å². The molecule has 1 fully saturated rings. The molecule has 8 nitrogen and oxygen atoms in total.